The molecular weight excluding hydrogens is 536 g/mol. The number of hydrogen-bond donors (Lipinski definition) is 1. The van der Waals surface area contributed by atoms with Gasteiger partial charge >= 0.3 is 0 Å². The number of benzene rings is 4. The number of fused-ring (bicyclic) bond motifs is 4. The molecule has 4 aromatic rings. The molecule has 0 fully saturated rings. The molecule has 0 amide bonds. The van der Waals surface area contributed by atoms with Gasteiger partial charge in [0.05, 0.1) is 11.5 Å². The third-order valence-electron chi connectivity index (χ3n) is 10.3. The second-order valence-corrected chi connectivity index (χ2v) is 12.6. The molecule has 3 atom stereocenters. The molecule has 8 rings (SSSR count). The predicted molar refractivity (Wildman–Crippen MR) is 180 cm³/mol. The summed E-state index contributed by atoms with van der Waals surface area (Å²) < 4.78 is 0. The highest BCUT2D eigenvalue weighted by Crippen LogP contribution is 2.57. The summed E-state index contributed by atoms with van der Waals surface area (Å²) in [4.78, 5) is 13.2. The van der Waals surface area contributed by atoms with E-state index >= 15 is 0 Å². The van der Waals surface area contributed by atoms with Crippen LogP contribution >= 0.6 is 0 Å². The van der Waals surface area contributed by atoms with Crippen LogP contribution in [0.25, 0.3) is 11.1 Å². The largest absolute Gasteiger partial charge is 0.387 e. The Morgan fingerprint density at radius 2 is 1.16 bits per heavy atom. The topological polar surface area (TPSA) is 37.3 Å². The first-order valence-corrected chi connectivity index (χ1v) is 15.7. The molecule has 1 N–H and O–H groups in total. The van der Waals surface area contributed by atoms with E-state index < -0.39 is 11.5 Å². The summed E-state index contributed by atoms with van der Waals surface area (Å²) in [5, 5.41) is 11.1. The number of rotatable bonds is 6. The van der Waals surface area contributed by atoms with E-state index in [0.29, 0.717) is 6.42 Å². The van der Waals surface area contributed by atoms with Crippen LogP contribution in [0, 0.1) is 10.8 Å². The average Bonchev–Trinajstić information content (AvgIpc) is 3.81. The highest BCUT2D eigenvalue weighted by atomic mass is 16.3. The fourth-order valence-electron chi connectivity index (χ4n) is 8.28. The quantitative estimate of drug-likeness (QED) is 0.233. The summed E-state index contributed by atoms with van der Waals surface area (Å²) in [7, 11) is 0. The molecule has 2 nitrogen and oxygen atoms in total. The maximum Gasteiger partial charge on any atom is 0.174 e. The lowest BCUT2D eigenvalue weighted by molar-refractivity contribution is 0.0828. The van der Waals surface area contributed by atoms with Crippen LogP contribution in [-0.4, -0.2) is 10.9 Å². The van der Waals surface area contributed by atoms with Crippen molar-refractivity contribution in [1.29, 1.82) is 0 Å². The molecule has 4 aliphatic carbocycles. The number of carbonyl (C=O) groups is 1. The van der Waals surface area contributed by atoms with E-state index in [1.165, 1.54) is 44.5 Å². The maximum atomic E-state index is 13.2. The summed E-state index contributed by atoms with van der Waals surface area (Å²) in [5.41, 5.74) is 11.4. The summed E-state index contributed by atoms with van der Waals surface area (Å²) in [6.07, 6.45) is 13.0. The van der Waals surface area contributed by atoms with Crippen LogP contribution < -0.4 is 0 Å². The van der Waals surface area contributed by atoms with Crippen LogP contribution in [0.4, 0.5) is 0 Å². The molecule has 0 saturated carbocycles. The van der Waals surface area contributed by atoms with Gasteiger partial charge in [-0.1, -0.05) is 121 Å². The second-order valence-electron chi connectivity index (χ2n) is 12.6. The molecule has 0 saturated heterocycles. The highest BCUT2D eigenvalue weighted by Gasteiger charge is 2.49. The zero-order valence-corrected chi connectivity index (χ0v) is 25.1. The summed E-state index contributed by atoms with van der Waals surface area (Å²) in [6.45, 7) is 7.87. The Hall–Kier alpha value is -4.53. The Kier molecular flexibility index (Phi) is 7.19. The van der Waals surface area contributed by atoms with E-state index in [9.17, 15) is 9.90 Å². The van der Waals surface area contributed by atoms with Gasteiger partial charge in [-0.3, -0.25) is 4.79 Å². The molecule has 0 heterocycles. The lowest BCUT2D eigenvalue weighted by Crippen LogP contribution is -2.28. The van der Waals surface area contributed by atoms with Gasteiger partial charge in [0.15, 0.2) is 5.78 Å². The van der Waals surface area contributed by atoms with Crippen molar-refractivity contribution < 1.29 is 9.90 Å². The first-order valence-electron chi connectivity index (χ1n) is 15.7. The first-order chi connectivity index (χ1) is 21.5. The Morgan fingerprint density at radius 3 is 1.77 bits per heavy atom. The summed E-state index contributed by atoms with van der Waals surface area (Å²) >= 11 is 0. The van der Waals surface area contributed by atoms with Gasteiger partial charge in [0, 0.05) is 11.0 Å². The number of aliphatic hydroxyl groups is 1. The molecule has 4 aromatic carbocycles. The van der Waals surface area contributed by atoms with Crippen molar-refractivity contribution in [2.45, 2.75) is 44.6 Å². The van der Waals surface area contributed by atoms with Crippen molar-refractivity contribution in [1.82, 2.24) is 0 Å². The molecule has 3 unspecified atom stereocenters. The highest BCUT2D eigenvalue weighted by molar-refractivity contribution is 6.12. The minimum atomic E-state index is -0.460. The molecule has 4 aliphatic rings. The van der Waals surface area contributed by atoms with Crippen LogP contribution in [0.1, 0.15) is 68.2 Å². The number of hydrogen-bond acceptors (Lipinski definition) is 2. The van der Waals surface area contributed by atoms with Crippen LogP contribution in [0.15, 0.2) is 135 Å². The average molecular weight is 575 g/mol. The Morgan fingerprint density at radius 1 is 0.636 bits per heavy atom. The molecular formula is C42H38O2. The van der Waals surface area contributed by atoms with E-state index in [2.05, 4.69) is 98.1 Å². The Balaban J connectivity index is 0.000000142. The monoisotopic (exact) mass is 574 g/mol. The van der Waals surface area contributed by atoms with Gasteiger partial charge in [0.2, 0.25) is 0 Å². The second kappa shape index (κ2) is 11.2. The molecule has 218 valence electrons. The first kappa shape index (κ1) is 28.3. The third kappa shape index (κ3) is 4.31. The van der Waals surface area contributed by atoms with Gasteiger partial charge in [-0.05, 0) is 88.6 Å². The van der Waals surface area contributed by atoms with E-state index in [4.69, 9.17) is 0 Å². The summed E-state index contributed by atoms with van der Waals surface area (Å²) in [6, 6.07) is 33.3. The number of Topliss-reactive ketones (excluding diaryl/α,β-unsaturated/α-hetero) is 1. The van der Waals surface area contributed by atoms with Crippen molar-refractivity contribution in [3.05, 3.63) is 179 Å². The van der Waals surface area contributed by atoms with Gasteiger partial charge in [-0.2, -0.15) is 0 Å². The number of allylic oxidation sites excluding steroid dienone is 5. The standard InChI is InChI=1S/C21H20O.C21H18O/c2*1-2-13-21(14-16-8-4-6-10-18(16)20(21)22)19-12-11-15-7-3-5-9-17(15)19/h2-10,12,20,22H,1,11,13-14H2;2-10,12H,1,11,13-14H2. The number of aliphatic hydroxyl groups excluding tert-OH is 1. The number of ketones is 1. The zero-order chi connectivity index (χ0) is 30.3. The lowest BCUT2D eigenvalue weighted by atomic mass is 9.71. The van der Waals surface area contributed by atoms with Crippen molar-refractivity contribution >= 4 is 16.9 Å². The molecule has 44 heavy (non-hydrogen) atoms. The van der Waals surface area contributed by atoms with E-state index in [1.807, 2.05) is 36.4 Å². The fourth-order valence-corrected chi connectivity index (χ4v) is 8.28. The fraction of sp³-hybridized carbons (Fsp3) is 0.214. The van der Waals surface area contributed by atoms with Gasteiger partial charge in [0.25, 0.3) is 0 Å². The van der Waals surface area contributed by atoms with Crippen LogP contribution in [0.2, 0.25) is 0 Å². The van der Waals surface area contributed by atoms with Crippen LogP contribution in [0.5, 0.6) is 0 Å². The molecule has 2 heteroatoms. The SMILES string of the molecule is C=CCC1(C2=CCc3ccccc32)Cc2ccccc2C1=O.C=CCC1(C2=CCc3ccccc32)Cc2ccccc2C1O. The van der Waals surface area contributed by atoms with Crippen LogP contribution in [0.3, 0.4) is 0 Å². The van der Waals surface area contributed by atoms with Crippen molar-refractivity contribution in [3.63, 3.8) is 0 Å². The number of carbonyl (C=O) groups excluding carboxylic acids is 1. The maximum absolute atomic E-state index is 13.2. The Labute approximate surface area is 260 Å². The summed E-state index contributed by atoms with van der Waals surface area (Å²) in [5.74, 6) is 0.256. The van der Waals surface area contributed by atoms with Gasteiger partial charge in [0.1, 0.15) is 0 Å². The normalized spacial score (nSPS) is 23.8. The predicted octanol–water partition coefficient (Wildman–Crippen LogP) is 9.11. The molecule has 0 aliphatic heterocycles. The van der Waals surface area contributed by atoms with Gasteiger partial charge in [-0.15, -0.1) is 13.2 Å². The zero-order valence-electron chi connectivity index (χ0n) is 25.1. The van der Waals surface area contributed by atoms with E-state index in [0.717, 1.165) is 43.2 Å². The van der Waals surface area contributed by atoms with Crippen molar-refractivity contribution in [2.75, 3.05) is 0 Å². The van der Waals surface area contributed by atoms with E-state index in [-0.39, 0.29) is 11.2 Å². The van der Waals surface area contributed by atoms with Gasteiger partial charge in [-0.25, -0.2) is 0 Å². The minimum absolute atomic E-state index is 0.256. The third-order valence-corrected chi connectivity index (χ3v) is 10.3. The Bertz CT molecular complexity index is 1860. The van der Waals surface area contributed by atoms with Crippen molar-refractivity contribution in [3.8, 4) is 0 Å². The lowest BCUT2D eigenvalue weighted by Gasteiger charge is -2.34. The minimum Gasteiger partial charge on any atom is -0.387 e. The van der Waals surface area contributed by atoms with Crippen LogP contribution in [-0.2, 0) is 25.7 Å². The molecule has 0 aromatic heterocycles. The molecule has 0 radical (unpaired) electrons. The molecule has 0 spiro atoms. The van der Waals surface area contributed by atoms with Gasteiger partial charge < -0.3 is 5.11 Å². The van der Waals surface area contributed by atoms with Crippen molar-refractivity contribution in [2.24, 2.45) is 10.8 Å². The van der Waals surface area contributed by atoms with E-state index in [1.54, 1.807) is 0 Å². The smallest absolute Gasteiger partial charge is 0.174 e. The molecule has 0 bridgehead atoms.